The van der Waals surface area contributed by atoms with E-state index in [1.54, 1.807) is 46.1 Å². The second kappa shape index (κ2) is 7.61. The van der Waals surface area contributed by atoms with Crippen LogP contribution in [-0.4, -0.2) is 38.0 Å². The standard InChI is InChI=1S/C19H15Cl2N5O2/c20-13-3-4-16(15(21)8-13)24-18(27)14-10-23-26-7-6-25(11-17(14)26)19(28)12-2-1-5-22-9-12/h1-5,8-10H,6-7,11H2,(H,24,27). The van der Waals surface area contributed by atoms with Crippen LogP contribution in [0.5, 0.6) is 0 Å². The van der Waals surface area contributed by atoms with Crippen LogP contribution in [0, 0.1) is 0 Å². The molecule has 4 rings (SSSR count). The van der Waals surface area contributed by atoms with Crippen LogP contribution < -0.4 is 5.32 Å². The zero-order valence-corrected chi connectivity index (χ0v) is 16.1. The van der Waals surface area contributed by atoms with Crippen molar-refractivity contribution in [1.82, 2.24) is 19.7 Å². The summed E-state index contributed by atoms with van der Waals surface area (Å²) in [6.45, 7) is 1.30. The molecule has 142 valence electrons. The van der Waals surface area contributed by atoms with Crippen LogP contribution in [0.25, 0.3) is 0 Å². The molecule has 3 heterocycles. The Bertz CT molecular complexity index is 1050. The molecule has 1 N–H and O–H groups in total. The van der Waals surface area contributed by atoms with Crippen molar-refractivity contribution < 1.29 is 9.59 Å². The lowest BCUT2D eigenvalue weighted by molar-refractivity contribution is 0.0703. The van der Waals surface area contributed by atoms with Crippen molar-refractivity contribution in [3.05, 3.63) is 75.8 Å². The van der Waals surface area contributed by atoms with Gasteiger partial charge in [-0.05, 0) is 30.3 Å². The lowest BCUT2D eigenvalue weighted by atomic mass is 10.1. The average Bonchev–Trinajstić information content (AvgIpc) is 3.13. The highest BCUT2D eigenvalue weighted by Gasteiger charge is 2.27. The summed E-state index contributed by atoms with van der Waals surface area (Å²) in [6.07, 6.45) is 4.66. The Labute approximate surface area is 170 Å². The quantitative estimate of drug-likeness (QED) is 0.709. The molecule has 0 saturated heterocycles. The number of carbonyl (C=O) groups is 2. The number of carbonyl (C=O) groups excluding carboxylic acids is 2. The van der Waals surface area contributed by atoms with E-state index in [4.69, 9.17) is 23.2 Å². The van der Waals surface area contributed by atoms with Crippen molar-refractivity contribution >= 4 is 40.7 Å². The van der Waals surface area contributed by atoms with Gasteiger partial charge in [-0.1, -0.05) is 23.2 Å². The van der Waals surface area contributed by atoms with Gasteiger partial charge in [0, 0.05) is 24.0 Å². The molecule has 0 radical (unpaired) electrons. The maximum absolute atomic E-state index is 12.8. The summed E-state index contributed by atoms with van der Waals surface area (Å²) in [5.41, 5.74) is 2.03. The Kier molecular flexibility index (Phi) is 5.02. The average molecular weight is 416 g/mol. The van der Waals surface area contributed by atoms with Crippen molar-refractivity contribution in [3.8, 4) is 0 Å². The maximum atomic E-state index is 12.8. The Hall–Kier alpha value is -2.90. The van der Waals surface area contributed by atoms with E-state index in [2.05, 4.69) is 15.4 Å². The Morgan fingerprint density at radius 3 is 2.71 bits per heavy atom. The van der Waals surface area contributed by atoms with E-state index in [0.717, 1.165) is 0 Å². The van der Waals surface area contributed by atoms with Gasteiger partial charge >= 0.3 is 0 Å². The zero-order chi connectivity index (χ0) is 19.7. The molecule has 3 aromatic rings. The number of amides is 2. The van der Waals surface area contributed by atoms with Gasteiger partial charge < -0.3 is 10.2 Å². The number of pyridine rings is 1. The van der Waals surface area contributed by atoms with Gasteiger partial charge in [-0.3, -0.25) is 19.3 Å². The highest BCUT2D eigenvalue weighted by atomic mass is 35.5. The highest BCUT2D eigenvalue weighted by molar-refractivity contribution is 6.36. The van der Waals surface area contributed by atoms with E-state index in [0.29, 0.717) is 45.6 Å². The monoisotopic (exact) mass is 415 g/mol. The molecule has 28 heavy (non-hydrogen) atoms. The second-order valence-corrected chi connectivity index (χ2v) is 7.12. The fraction of sp³-hybridized carbons (Fsp3) is 0.158. The number of fused-ring (bicyclic) bond motifs is 1. The van der Waals surface area contributed by atoms with Crippen LogP contribution in [0.1, 0.15) is 26.4 Å². The number of nitrogens with one attached hydrogen (secondary N) is 1. The number of hydrogen-bond donors (Lipinski definition) is 1. The fourth-order valence-corrected chi connectivity index (χ4v) is 3.52. The van der Waals surface area contributed by atoms with Gasteiger partial charge in [0.25, 0.3) is 11.8 Å². The van der Waals surface area contributed by atoms with E-state index in [-0.39, 0.29) is 18.4 Å². The minimum atomic E-state index is -0.346. The number of rotatable bonds is 3. The zero-order valence-electron chi connectivity index (χ0n) is 14.6. The van der Waals surface area contributed by atoms with Crippen LogP contribution in [0.3, 0.4) is 0 Å². The van der Waals surface area contributed by atoms with Crippen molar-refractivity contribution in [3.63, 3.8) is 0 Å². The molecule has 0 unspecified atom stereocenters. The molecule has 0 saturated carbocycles. The van der Waals surface area contributed by atoms with E-state index >= 15 is 0 Å². The molecule has 1 aromatic carbocycles. The van der Waals surface area contributed by atoms with Gasteiger partial charge in [-0.15, -0.1) is 0 Å². The molecular weight excluding hydrogens is 401 g/mol. The molecule has 0 aliphatic carbocycles. The van der Waals surface area contributed by atoms with Crippen molar-refractivity contribution in [2.45, 2.75) is 13.1 Å². The first-order valence-electron chi connectivity index (χ1n) is 8.53. The summed E-state index contributed by atoms with van der Waals surface area (Å²) in [7, 11) is 0. The van der Waals surface area contributed by atoms with Crippen LogP contribution >= 0.6 is 23.2 Å². The lowest BCUT2D eigenvalue weighted by Crippen LogP contribution is -2.39. The third kappa shape index (κ3) is 3.58. The number of halogens is 2. The van der Waals surface area contributed by atoms with Crippen LogP contribution in [-0.2, 0) is 13.1 Å². The van der Waals surface area contributed by atoms with Crippen LogP contribution in [0.15, 0.2) is 48.9 Å². The van der Waals surface area contributed by atoms with Crippen molar-refractivity contribution in [2.75, 3.05) is 11.9 Å². The summed E-state index contributed by atoms with van der Waals surface area (Å²) in [5.74, 6) is -0.478. The number of anilines is 1. The van der Waals surface area contributed by atoms with Crippen molar-refractivity contribution in [1.29, 1.82) is 0 Å². The first-order chi connectivity index (χ1) is 13.5. The van der Waals surface area contributed by atoms with Gasteiger partial charge in [-0.25, -0.2) is 0 Å². The van der Waals surface area contributed by atoms with Gasteiger partial charge in [0.1, 0.15) is 0 Å². The minimum Gasteiger partial charge on any atom is -0.331 e. The molecule has 1 aliphatic heterocycles. The lowest BCUT2D eigenvalue weighted by Gasteiger charge is -2.28. The second-order valence-electron chi connectivity index (χ2n) is 6.27. The Balaban J connectivity index is 1.55. The normalized spacial score (nSPS) is 13.1. The molecule has 7 nitrogen and oxygen atoms in total. The number of nitrogens with zero attached hydrogens (tertiary/aromatic N) is 4. The summed E-state index contributed by atoms with van der Waals surface area (Å²) in [4.78, 5) is 31.1. The van der Waals surface area contributed by atoms with E-state index < -0.39 is 0 Å². The molecule has 0 spiro atoms. The summed E-state index contributed by atoms with van der Waals surface area (Å²) < 4.78 is 1.74. The van der Waals surface area contributed by atoms with E-state index in [1.165, 1.54) is 12.4 Å². The topological polar surface area (TPSA) is 80.1 Å². The fourth-order valence-electron chi connectivity index (χ4n) is 3.06. The summed E-state index contributed by atoms with van der Waals surface area (Å²) in [5, 5.41) is 7.87. The first-order valence-corrected chi connectivity index (χ1v) is 9.29. The predicted octanol–water partition coefficient (Wildman–Crippen LogP) is 3.49. The van der Waals surface area contributed by atoms with Gasteiger partial charge in [0.2, 0.25) is 0 Å². The van der Waals surface area contributed by atoms with Gasteiger partial charge in [0.15, 0.2) is 0 Å². The third-order valence-electron chi connectivity index (χ3n) is 4.49. The maximum Gasteiger partial charge on any atom is 0.259 e. The van der Waals surface area contributed by atoms with Crippen molar-refractivity contribution in [2.24, 2.45) is 0 Å². The highest BCUT2D eigenvalue weighted by Crippen LogP contribution is 2.26. The molecular formula is C19H15Cl2N5O2. The molecule has 9 heteroatoms. The molecule has 1 aliphatic rings. The summed E-state index contributed by atoms with van der Waals surface area (Å²) in [6, 6.07) is 8.27. The number of aromatic nitrogens is 3. The molecule has 0 bridgehead atoms. The van der Waals surface area contributed by atoms with Gasteiger partial charge in [0.05, 0.1) is 46.8 Å². The first kappa shape index (κ1) is 18.5. The number of benzene rings is 1. The molecule has 2 amide bonds. The SMILES string of the molecule is O=C(Nc1ccc(Cl)cc1Cl)c1cnn2c1CN(C(=O)c1cccnc1)CC2. The smallest absolute Gasteiger partial charge is 0.259 e. The largest absolute Gasteiger partial charge is 0.331 e. The molecule has 2 aromatic heterocycles. The third-order valence-corrected chi connectivity index (χ3v) is 5.04. The Morgan fingerprint density at radius 1 is 1.11 bits per heavy atom. The summed E-state index contributed by atoms with van der Waals surface area (Å²) >= 11 is 12.0. The number of hydrogen-bond acceptors (Lipinski definition) is 4. The molecule has 0 fully saturated rings. The van der Waals surface area contributed by atoms with Crippen LogP contribution in [0.2, 0.25) is 10.0 Å². The van der Waals surface area contributed by atoms with E-state index in [9.17, 15) is 9.59 Å². The van der Waals surface area contributed by atoms with E-state index in [1.807, 2.05) is 0 Å². The van der Waals surface area contributed by atoms with Gasteiger partial charge in [-0.2, -0.15) is 5.10 Å². The Morgan fingerprint density at radius 2 is 1.96 bits per heavy atom. The predicted molar refractivity (Wildman–Crippen MR) is 106 cm³/mol. The minimum absolute atomic E-state index is 0.132. The van der Waals surface area contributed by atoms with Crippen LogP contribution in [0.4, 0.5) is 5.69 Å². The molecule has 0 atom stereocenters.